The van der Waals surface area contributed by atoms with Gasteiger partial charge in [-0.15, -0.1) is 0 Å². The topological polar surface area (TPSA) is 63.6 Å². The Bertz CT molecular complexity index is 958. The summed E-state index contributed by atoms with van der Waals surface area (Å²) < 4.78 is 6.20. The fraction of sp³-hybridized carbons (Fsp3) is 0.407. The molecule has 4 heteroatoms. The number of hydrogen-bond acceptors (Lipinski definition) is 3. The van der Waals surface area contributed by atoms with Gasteiger partial charge in [0.2, 0.25) is 0 Å². The summed E-state index contributed by atoms with van der Waals surface area (Å²) in [5.74, 6) is -0.139. The number of aromatic carboxylic acids is 1. The molecule has 0 aliphatic carbocycles. The third kappa shape index (κ3) is 4.49. The number of allylic oxidation sites excluding steroid dienone is 1. The quantitative estimate of drug-likeness (QED) is 0.598. The van der Waals surface area contributed by atoms with Crippen molar-refractivity contribution in [2.45, 2.75) is 57.2 Å². The van der Waals surface area contributed by atoms with E-state index >= 15 is 0 Å². The average molecular weight is 419 g/mol. The van der Waals surface area contributed by atoms with Gasteiger partial charge in [0.05, 0.1) is 23.2 Å². The summed E-state index contributed by atoms with van der Waals surface area (Å²) >= 11 is 0. The van der Waals surface area contributed by atoms with Crippen LogP contribution in [0.15, 0.2) is 66.7 Å². The number of fused-ring (bicyclic) bond motifs is 2. The van der Waals surface area contributed by atoms with Crippen LogP contribution in [0.25, 0.3) is 0 Å². The van der Waals surface area contributed by atoms with Crippen LogP contribution in [0.4, 0.5) is 0 Å². The number of benzene rings is 2. The number of ether oxygens (including phenoxy) is 1. The monoisotopic (exact) mass is 418 g/mol. The summed E-state index contributed by atoms with van der Waals surface area (Å²) in [6.07, 6.45) is 8.32. The van der Waals surface area contributed by atoms with Crippen molar-refractivity contribution >= 4 is 11.8 Å². The molecule has 0 spiro atoms. The Morgan fingerprint density at radius 3 is 2.39 bits per heavy atom. The SMILES string of the molecule is CC(C)(C(=O)/C=C/[C@H]1[C@@H](CCc2ccc(C(=O)O)cc2)[C@H]2CC[C@@H]1O2)c1ccccc1. The number of ketones is 1. The molecule has 2 heterocycles. The number of rotatable bonds is 8. The molecule has 2 aromatic rings. The maximum Gasteiger partial charge on any atom is 0.335 e. The Morgan fingerprint density at radius 1 is 1.03 bits per heavy atom. The number of aryl methyl sites for hydroxylation is 1. The molecule has 0 radical (unpaired) electrons. The number of carboxylic acid groups (broad SMARTS) is 1. The smallest absolute Gasteiger partial charge is 0.335 e. The van der Waals surface area contributed by atoms with E-state index in [1.54, 1.807) is 18.2 Å². The molecule has 1 N–H and O–H groups in total. The van der Waals surface area contributed by atoms with Gasteiger partial charge in [0.1, 0.15) is 0 Å². The molecule has 31 heavy (non-hydrogen) atoms. The van der Waals surface area contributed by atoms with Crippen LogP contribution in [0, 0.1) is 11.8 Å². The second kappa shape index (κ2) is 8.80. The van der Waals surface area contributed by atoms with Crippen LogP contribution in [0.5, 0.6) is 0 Å². The van der Waals surface area contributed by atoms with Gasteiger partial charge < -0.3 is 9.84 Å². The van der Waals surface area contributed by atoms with E-state index < -0.39 is 11.4 Å². The summed E-state index contributed by atoms with van der Waals surface area (Å²) in [5.41, 5.74) is 1.91. The highest BCUT2D eigenvalue weighted by molar-refractivity contribution is 5.98. The van der Waals surface area contributed by atoms with Crippen molar-refractivity contribution in [3.05, 3.63) is 83.4 Å². The van der Waals surface area contributed by atoms with Gasteiger partial charge in [-0.05, 0) is 74.8 Å². The van der Waals surface area contributed by atoms with Crippen molar-refractivity contribution in [3.63, 3.8) is 0 Å². The van der Waals surface area contributed by atoms with Crippen LogP contribution in [0.2, 0.25) is 0 Å². The van der Waals surface area contributed by atoms with Gasteiger partial charge >= 0.3 is 5.97 Å². The molecule has 4 atom stereocenters. The summed E-state index contributed by atoms with van der Waals surface area (Å²) in [6.45, 7) is 3.95. The van der Waals surface area contributed by atoms with E-state index in [2.05, 4.69) is 6.08 Å². The average Bonchev–Trinajstić information content (AvgIpc) is 3.38. The maximum atomic E-state index is 13.0. The van der Waals surface area contributed by atoms with Crippen molar-refractivity contribution < 1.29 is 19.4 Å². The molecule has 4 rings (SSSR count). The van der Waals surface area contributed by atoms with E-state index in [9.17, 15) is 9.59 Å². The Morgan fingerprint density at radius 2 is 1.71 bits per heavy atom. The highest BCUT2D eigenvalue weighted by Crippen LogP contribution is 2.46. The lowest BCUT2D eigenvalue weighted by Crippen LogP contribution is -2.29. The molecule has 0 saturated carbocycles. The molecule has 2 aliphatic rings. The molecule has 0 unspecified atom stereocenters. The zero-order chi connectivity index (χ0) is 22.0. The maximum absolute atomic E-state index is 13.0. The van der Waals surface area contributed by atoms with E-state index in [1.807, 2.05) is 56.3 Å². The predicted molar refractivity (Wildman–Crippen MR) is 120 cm³/mol. The van der Waals surface area contributed by atoms with Crippen molar-refractivity contribution in [3.8, 4) is 0 Å². The number of hydrogen-bond donors (Lipinski definition) is 1. The van der Waals surface area contributed by atoms with E-state index in [0.29, 0.717) is 11.5 Å². The minimum absolute atomic E-state index is 0.115. The highest BCUT2D eigenvalue weighted by Gasteiger charge is 2.47. The van der Waals surface area contributed by atoms with Gasteiger partial charge in [-0.3, -0.25) is 4.79 Å². The third-order valence-corrected chi connectivity index (χ3v) is 7.04. The number of carboxylic acids is 1. The minimum atomic E-state index is -0.902. The summed E-state index contributed by atoms with van der Waals surface area (Å²) in [4.78, 5) is 24.1. The van der Waals surface area contributed by atoms with Gasteiger partial charge in [-0.1, -0.05) is 48.5 Å². The van der Waals surface area contributed by atoms with Crippen LogP contribution in [0.3, 0.4) is 0 Å². The van der Waals surface area contributed by atoms with Crippen molar-refractivity contribution in [2.24, 2.45) is 11.8 Å². The van der Waals surface area contributed by atoms with E-state index in [1.165, 1.54) is 0 Å². The fourth-order valence-electron chi connectivity index (χ4n) is 5.01. The van der Waals surface area contributed by atoms with E-state index in [-0.39, 0.29) is 23.9 Å². The normalized spacial score (nSPS) is 25.2. The van der Waals surface area contributed by atoms with Gasteiger partial charge in [0, 0.05) is 5.92 Å². The molecule has 0 aromatic heterocycles. The van der Waals surface area contributed by atoms with Gasteiger partial charge in [0.25, 0.3) is 0 Å². The Hall–Kier alpha value is -2.72. The van der Waals surface area contributed by atoms with Gasteiger partial charge in [0.15, 0.2) is 5.78 Å². The summed E-state index contributed by atoms with van der Waals surface area (Å²) in [7, 11) is 0. The predicted octanol–water partition coefficient (Wildman–Crippen LogP) is 5.21. The molecule has 2 aliphatic heterocycles. The van der Waals surface area contributed by atoms with Crippen LogP contribution in [-0.2, 0) is 21.4 Å². The minimum Gasteiger partial charge on any atom is -0.478 e. The van der Waals surface area contributed by atoms with Crippen molar-refractivity contribution in [1.29, 1.82) is 0 Å². The second-order valence-electron chi connectivity index (χ2n) is 9.29. The molecule has 2 aromatic carbocycles. The van der Waals surface area contributed by atoms with E-state index in [0.717, 1.165) is 36.8 Å². The molecule has 2 saturated heterocycles. The summed E-state index contributed by atoms with van der Waals surface area (Å²) in [6, 6.07) is 17.0. The second-order valence-corrected chi connectivity index (χ2v) is 9.29. The fourth-order valence-corrected chi connectivity index (χ4v) is 5.01. The molecule has 162 valence electrons. The molecule has 2 fully saturated rings. The zero-order valence-corrected chi connectivity index (χ0v) is 18.2. The molecule has 0 amide bonds. The first-order chi connectivity index (χ1) is 14.9. The van der Waals surface area contributed by atoms with Crippen LogP contribution in [0.1, 0.15) is 54.6 Å². The Kier molecular flexibility index (Phi) is 6.10. The zero-order valence-electron chi connectivity index (χ0n) is 18.2. The number of carbonyl (C=O) groups is 2. The van der Waals surface area contributed by atoms with E-state index in [4.69, 9.17) is 9.84 Å². The first-order valence-electron chi connectivity index (χ1n) is 11.1. The highest BCUT2D eigenvalue weighted by atomic mass is 16.5. The largest absolute Gasteiger partial charge is 0.478 e. The van der Waals surface area contributed by atoms with Crippen LogP contribution < -0.4 is 0 Å². The lowest BCUT2D eigenvalue weighted by Gasteiger charge is -2.26. The Labute approximate surface area is 183 Å². The molecule has 4 nitrogen and oxygen atoms in total. The first kappa shape index (κ1) is 21.5. The third-order valence-electron chi connectivity index (χ3n) is 7.04. The standard InChI is InChI=1S/C27H30O4/c1-27(2,20-6-4-3-5-7-20)25(28)17-14-22-21(23-15-16-24(22)31-23)13-10-18-8-11-19(12-9-18)26(29)30/h3-9,11-12,14,17,21-24H,10,13,15-16H2,1-2H3,(H,29,30)/b17-14+/t21-,22+,23-,24+/m1/s1. The van der Waals surface area contributed by atoms with Crippen molar-refractivity contribution in [2.75, 3.05) is 0 Å². The van der Waals surface area contributed by atoms with Crippen molar-refractivity contribution in [1.82, 2.24) is 0 Å². The van der Waals surface area contributed by atoms with Crippen LogP contribution in [-0.4, -0.2) is 29.1 Å². The lowest BCUT2D eigenvalue weighted by atomic mass is 9.75. The Balaban J connectivity index is 1.43. The molecule has 2 bridgehead atoms. The molecular weight excluding hydrogens is 388 g/mol. The molecular formula is C27H30O4. The number of carbonyl (C=O) groups excluding carboxylic acids is 1. The summed E-state index contributed by atoms with van der Waals surface area (Å²) in [5, 5.41) is 9.07. The van der Waals surface area contributed by atoms with Gasteiger partial charge in [-0.2, -0.15) is 0 Å². The first-order valence-corrected chi connectivity index (χ1v) is 11.1. The van der Waals surface area contributed by atoms with Crippen LogP contribution >= 0.6 is 0 Å². The van der Waals surface area contributed by atoms with Gasteiger partial charge in [-0.25, -0.2) is 4.79 Å². The lowest BCUT2D eigenvalue weighted by molar-refractivity contribution is -0.118.